The van der Waals surface area contributed by atoms with Crippen LogP contribution < -0.4 is 0 Å². The van der Waals surface area contributed by atoms with E-state index in [2.05, 4.69) is 22.6 Å². The normalized spacial score (nSPS) is 13.9. The topological polar surface area (TPSA) is 69.7 Å². The molecule has 1 heterocycles. The highest BCUT2D eigenvalue weighted by Crippen LogP contribution is 2.10. The minimum atomic E-state index is -0.588. The van der Waals surface area contributed by atoms with Crippen LogP contribution in [0.1, 0.15) is 13.3 Å². The first kappa shape index (κ1) is 12.1. The molecule has 1 aliphatic rings. The van der Waals surface area contributed by atoms with Crippen molar-refractivity contribution in [2.45, 2.75) is 13.3 Å². The summed E-state index contributed by atoms with van der Waals surface area (Å²) in [7, 11) is 0. The molecular formula is C9H10O5. The fourth-order valence-corrected chi connectivity index (χ4v) is 0.575. The van der Waals surface area contributed by atoms with Crippen LogP contribution in [0.3, 0.4) is 0 Å². The van der Waals surface area contributed by atoms with Crippen LogP contribution >= 0.6 is 0 Å². The van der Waals surface area contributed by atoms with E-state index >= 15 is 0 Å². The number of carbonyl (C=O) groups is 3. The fraction of sp³-hybridized carbons (Fsp3) is 0.222. The van der Waals surface area contributed by atoms with Gasteiger partial charge in [0.05, 0.1) is 12.7 Å². The molecule has 76 valence electrons. The quantitative estimate of drug-likeness (QED) is 0.268. The lowest BCUT2D eigenvalue weighted by Crippen LogP contribution is -1.95. The number of esters is 3. The van der Waals surface area contributed by atoms with E-state index in [1.165, 1.54) is 6.92 Å². The van der Waals surface area contributed by atoms with Crippen molar-refractivity contribution in [3.63, 3.8) is 0 Å². The van der Waals surface area contributed by atoms with E-state index in [9.17, 15) is 14.4 Å². The molecule has 14 heavy (non-hydrogen) atoms. The van der Waals surface area contributed by atoms with Crippen molar-refractivity contribution in [1.29, 1.82) is 0 Å². The third kappa shape index (κ3) is 4.87. The standard InChI is InChI=1S/C5H4O3.C4H6O2/c1-3-2-4(6)8-5(3)7;1-3-6-4(2)5/h1-2H2;3H,1H2,2H3. The summed E-state index contributed by atoms with van der Waals surface area (Å²) in [6, 6.07) is 0. The van der Waals surface area contributed by atoms with Gasteiger partial charge in [0.2, 0.25) is 0 Å². The number of rotatable bonds is 1. The number of ether oxygens (including phenoxy) is 2. The maximum Gasteiger partial charge on any atom is 0.341 e. The van der Waals surface area contributed by atoms with Gasteiger partial charge in [-0.2, -0.15) is 0 Å². The molecule has 5 heteroatoms. The zero-order chi connectivity index (χ0) is 11.1. The molecule has 1 aliphatic heterocycles. The molecule has 0 N–H and O–H groups in total. The van der Waals surface area contributed by atoms with Gasteiger partial charge in [-0.05, 0) is 0 Å². The average Bonchev–Trinajstić information content (AvgIpc) is 2.30. The van der Waals surface area contributed by atoms with E-state index in [-0.39, 0.29) is 18.0 Å². The molecule has 1 saturated heterocycles. The van der Waals surface area contributed by atoms with Crippen LogP contribution in [-0.2, 0) is 23.9 Å². The van der Waals surface area contributed by atoms with E-state index in [1.54, 1.807) is 0 Å². The lowest BCUT2D eigenvalue weighted by molar-refractivity contribution is -0.151. The Morgan fingerprint density at radius 3 is 2.21 bits per heavy atom. The third-order valence-electron chi connectivity index (χ3n) is 1.10. The molecule has 0 spiro atoms. The highest BCUT2D eigenvalue weighted by atomic mass is 16.6. The molecule has 0 amide bonds. The predicted octanol–water partition coefficient (Wildman–Crippen LogP) is 0.709. The van der Waals surface area contributed by atoms with Crippen LogP contribution in [0, 0.1) is 0 Å². The minimum absolute atomic E-state index is 0.0544. The molecule has 0 aromatic rings. The zero-order valence-corrected chi connectivity index (χ0v) is 7.74. The Labute approximate surface area is 81.0 Å². The number of hydrogen-bond donors (Lipinski definition) is 0. The van der Waals surface area contributed by atoms with Gasteiger partial charge in [0.15, 0.2) is 0 Å². The summed E-state index contributed by atoms with van der Waals surface area (Å²) >= 11 is 0. The maximum atomic E-state index is 10.2. The van der Waals surface area contributed by atoms with Crippen LogP contribution in [-0.4, -0.2) is 17.9 Å². The second kappa shape index (κ2) is 5.69. The molecule has 0 bridgehead atoms. The van der Waals surface area contributed by atoms with Crippen molar-refractivity contribution >= 4 is 17.9 Å². The van der Waals surface area contributed by atoms with E-state index in [1.807, 2.05) is 0 Å². The molecule has 1 rings (SSSR count). The van der Waals surface area contributed by atoms with Crippen molar-refractivity contribution in [3.05, 3.63) is 25.0 Å². The SMILES string of the molecule is C=C1CC(=O)OC1=O.C=COC(C)=O. The maximum absolute atomic E-state index is 10.2. The van der Waals surface area contributed by atoms with Gasteiger partial charge in [-0.25, -0.2) is 4.79 Å². The van der Waals surface area contributed by atoms with Crippen LogP contribution in [0.25, 0.3) is 0 Å². The summed E-state index contributed by atoms with van der Waals surface area (Å²) in [6.07, 6.45) is 1.15. The summed E-state index contributed by atoms with van der Waals surface area (Å²) in [6.45, 7) is 7.77. The Morgan fingerprint density at radius 1 is 1.57 bits per heavy atom. The molecule has 0 atom stereocenters. The molecule has 1 fully saturated rings. The highest BCUT2D eigenvalue weighted by Gasteiger charge is 2.24. The van der Waals surface area contributed by atoms with Crippen LogP contribution in [0.2, 0.25) is 0 Å². The summed E-state index contributed by atoms with van der Waals surface area (Å²) in [4.78, 5) is 30.2. The summed E-state index contributed by atoms with van der Waals surface area (Å²) in [5.74, 6) is -1.42. The first-order valence-electron chi connectivity index (χ1n) is 3.68. The fourth-order valence-electron chi connectivity index (χ4n) is 0.575. The first-order chi connectivity index (χ1) is 6.47. The first-order valence-corrected chi connectivity index (χ1v) is 3.68. The number of hydrogen-bond acceptors (Lipinski definition) is 5. The Bertz CT molecular complexity index is 272. The highest BCUT2D eigenvalue weighted by molar-refractivity contribution is 6.05. The van der Waals surface area contributed by atoms with Crippen molar-refractivity contribution in [1.82, 2.24) is 0 Å². The van der Waals surface area contributed by atoms with E-state index in [4.69, 9.17) is 0 Å². The molecule has 0 aromatic carbocycles. The average molecular weight is 198 g/mol. The smallest absolute Gasteiger partial charge is 0.341 e. The van der Waals surface area contributed by atoms with Crippen LogP contribution in [0.4, 0.5) is 0 Å². The van der Waals surface area contributed by atoms with E-state index in [0.29, 0.717) is 0 Å². The van der Waals surface area contributed by atoms with Gasteiger partial charge in [0.25, 0.3) is 0 Å². The lowest BCUT2D eigenvalue weighted by atomic mass is 10.3. The molecule has 0 saturated carbocycles. The Kier molecular flexibility index (Phi) is 4.91. The largest absolute Gasteiger partial charge is 0.435 e. The van der Waals surface area contributed by atoms with Crippen molar-refractivity contribution in [2.75, 3.05) is 0 Å². The van der Waals surface area contributed by atoms with Gasteiger partial charge in [0.1, 0.15) is 0 Å². The molecule has 0 radical (unpaired) electrons. The summed E-state index contributed by atoms with van der Waals surface area (Å²) < 4.78 is 8.26. The number of carbonyl (C=O) groups excluding carboxylic acids is 3. The molecular weight excluding hydrogens is 188 g/mol. The molecule has 0 aliphatic carbocycles. The second-order valence-corrected chi connectivity index (χ2v) is 2.32. The molecule has 5 nitrogen and oxygen atoms in total. The Balaban J connectivity index is 0.000000255. The molecule has 0 aromatic heterocycles. The predicted molar refractivity (Wildman–Crippen MR) is 46.8 cm³/mol. The van der Waals surface area contributed by atoms with Crippen molar-refractivity contribution in [2.24, 2.45) is 0 Å². The van der Waals surface area contributed by atoms with Gasteiger partial charge in [0, 0.05) is 12.5 Å². The lowest BCUT2D eigenvalue weighted by Gasteiger charge is -1.83. The monoisotopic (exact) mass is 198 g/mol. The Morgan fingerprint density at radius 2 is 2.14 bits per heavy atom. The van der Waals surface area contributed by atoms with Gasteiger partial charge in [-0.1, -0.05) is 13.2 Å². The molecule has 0 unspecified atom stereocenters. The van der Waals surface area contributed by atoms with Crippen molar-refractivity contribution in [3.8, 4) is 0 Å². The van der Waals surface area contributed by atoms with Gasteiger partial charge in [-0.15, -0.1) is 0 Å². The van der Waals surface area contributed by atoms with Gasteiger partial charge in [-0.3, -0.25) is 9.59 Å². The Hall–Kier alpha value is -1.91. The summed E-state index contributed by atoms with van der Waals surface area (Å²) in [5.41, 5.74) is 0.245. The van der Waals surface area contributed by atoms with E-state index in [0.717, 1.165) is 6.26 Å². The minimum Gasteiger partial charge on any atom is -0.435 e. The van der Waals surface area contributed by atoms with Gasteiger partial charge < -0.3 is 9.47 Å². The summed E-state index contributed by atoms with van der Waals surface area (Å²) in [5, 5.41) is 0. The van der Waals surface area contributed by atoms with Crippen molar-refractivity contribution < 1.29 is 23.9 Å². The zero-order valence-electron chi connectivity index (χ0n) is 7.74. The number of cyclic esters (lactones) is 2. The van der Waals surface area contributed by atoms with Crippen LogP contribution in [0.15, 0.2) is 25.0 Å². The van der Waals surface area contributed by atoms with Crippen LogP contribution in [0.5, 0.6) is 0 Å². The van der Waals surface area contributed by atoms with E-state index < -0.39 is 11.9 Å². The van der Waals surface area contributed by atoms with Gasteiger partial charge >= 0.3 is 17.9 Å². The third-order valence-corrected chi connectivity index (χ3v) is 1.10. The second-order valence-electron chi connectivity index (χ2n) is 2.32.